The Labute approximate surface area is 198 Å². The van der Waals surface area contributed by atoms with Gasteiger partial charge in [-0.25, -0.2) is 14.6 Å². The number of amides is 2. The number of ether oxygens (including phenoxy) is 1. The van der Waals surface area contributed by atoms with Gasteiger partial charge < -0.3 is 25.2 Å². The number of carbonyl (C=O) groups is 3. The number of likely N-dealkylation sites (tertiary alicyclic amines) is 1. The molecule has 34 heavy (non-hydrogen) atoms. The van der Waals surface area contributed by atoms with Crippen LogP contribution in [0.5, 0.6) is 0 Å². The molecule has 0 unspecified atom stereocenters. The molecule has 2 heterocycles. The van der Waals surface area contributed by atoms with Crippen molar-refractivity contribution in [1.82, 2.24) is 15.2 Å². The highest BCUT2D eigenvalue weighted by Crippen LogP contribution is 2.44. The minimum atomic E-state index is -1.90. The Morgan fingerprint density at radius 2 is 1.71 bits per heavy atom. The van der Waals surface area contributed by atoms with Crippen LogP contribution in [-0.2, 0) is 16.1 Å². The van der Waals surface area contributed by atoms with Crippen LogP contribution in [0.2, 0.25) is 0 Å². The van der Waals surface area contributed by atoms with E-state index >= 15 is 0 Å². The van der Waals surface area contributed by atoms with Gasteiger partial charge in [0.15, 0.2) is 5.60 Å². The minimum Gasteiger partial charge on any atom is -0.479 e. The lowest BCUT2D eigenvalue weighted by Gasteiger charge is -2.42. The quantitative estimate of drug-likeness (QED) is 0.495. The standard InChI is InChI=1S/C24H21N3O6S/c28-21(27-12-24(32,13-27)22(29)30)19-11-34-20(26-19)9-25-23(31)33-10-18-16-7-3-1-5-14(16)15-6-2-4-8-17(15)18/h1-8,11,18,32H,9-10,12-13H2,(H,25,31)(H,29,30). The van der Waals surface area contributed by atoms with Crippen molar-refractivity contribution < 1.29 is 29.3 Å². The van der Waals surface area contributed by atoms with Gasteiger partial charge in [0.1, 0.15) is 17.3 Å². The Balaban J connectivity index is 1.14. The van der Waals surface area contributed by atoms with E-state index in [1.807, 2.05) is 36.4 Å². The molecule has 0 atom stereocenters. The number of thiazole rings is 1. The molecule has 1 aromatic heterocycles. The van der Waals surface area contributed by atoms with Crippen LogP contribution in [0.25, 0.3) is 11.1 Å². The molecule has 3 aromatic rings. The third-order valence-corrected chi connectivity index (χ3v) is 6.94. The van der Waals surface area contributed by atoms with Crippen LogP contribution >= 0.6 is 11.3 Å². The molecule has 1 fully saturated rings. The second kappa shape index (κ2) is 8.54. The van der Waals surface area contributed by atoms with Crippen LogP contribution in [0.1, 0.15) is 32.5 Å². The average Bonchev–Trinajstić information content (AvgIpc) is 3.42. The number of aliphatic hydroxyl groups is 1. The highest BCUT2D eigenvalue weighted by Gasteiger charge is 2.50. The third-order valence-electron chi connectivity index (χ3n) is 6.09. The zero-order valence-electron chi connectivity index (χ0n) is 17.9. The van der Waals surface area contributed by atoms with Gasteiger partial charge in [0.25, 0.3) is 5.91 Å². The van der Waals surface area contributed by atoms with Crippen LogP contribution in [0.15, 0.2) is 53.9 Å². The maximum Gasteiger partial charge on any atom is 0.407 e. The largest absolute Gasteiger partial charge is 0.479 e. The second-order valence-electron chi connectivity index (χ2n) is 8.30. The molecule has 1 aliphatic heterocycles. The van der Waals surface area contributed by atoms with Gasteiger partial charge in [-0.05, 0) is 22.3 Å². The number of carboxylic acids is 1. The Bertz CT molecular complexity index is 1240. The topological polar surface area (TPSA) is 129 Å². The summed E-state index contributed by atoms with van der Waals surface area (Å²) in [4.78, 5) is 41.1. The van der Waals surface area contributed by atoms with E-state index in [2.05, 4.69) is 22.4 Å². The molecule has 0 saturated carbocycles. The van der Waals surface area contributed by atoms with Gasteiger partial charge in [0.05, 0.1) is 19.6 Å². The maximum absolute atomic E-state index is 12.4. The van der Waals surface area contributed by atoms with Gasteiger partial charge in [-0.2, -0.15) is 0 Å². The molecular formula is C24H21N3O6S. The Kier molecular flexibility index (Phi) is 5.54. The van der Waals surface area contributed by atoms with Crippen LogP contribution in [0.3, 0.4) is 0 Å². The second-order valence-corrected chi connectivity index (χ2v) is 9.25. The van der Waals surface area contributed by atoms with Crippen LogP contribution in [0, 0.1) is 0 Å². The Hall–Kier alpha value is -3.76. The first-order chi connectivity index (χ1) is 16.4. The Morgan fingerprint density at radius 1 is 1.09 bits per heavy atom. The number of benzene rings is 2. The van der Waals surface area contributed by atoms with E-state index in [0.29, 0.717) is 5.01 Å². The van der Waals surface area contributed by atoms with E-state index < -0.39 is 23.6 Å². The van der Waals surface area contributed by atoms with Crippen molar-refractivity contribution in [3.63, 3.8) is 0 Å². The van der Waals surface area contributed by atoms with Gasteiger partial charge in [0.2, 0.25) is 0 Å². The first-order valence-electron chi connectivity index (χ1n) is 10.6. The molecule has 0 bridgehead atoms. The number of fused-ring (bicyclic) bond motifs is 3. The minimum absolute atomic E-state index is 0.0387. The first kappa shape index (κ1) is 22.1. The van der Waals surface area contributed by atoms with E-state index in [1.54, 1.807) is 0 Å². The SMILES string of the molecule is O=C(NCc1nc(C(=O)N2CC(O)(C(=O)O)C2)cs1)OCC1c2ccccc2-c2ccccc21. The zero-order chi connectivity index (χ0) is 23.9. The van der Waals surface area contributed by atoms with Gasteiger partial charge in [-0.3, -0.25) is 4.79 Å². The summed E-state index contributed by atoms with van der Waals surface area (Å²) < 4.78 is 5.49. The summed E-state index contributed by atoms with van der Waals surface area (Å²) in [6.45, 7) is -0.283. The van der Waals surface area contributed by atoms with E-state index in [9.17, 15) is 19.5 Å². The number of β-amino-alcohol motifs (C(OH)–C–C–N with tert-alkyl or cyclic N) is 1. The lowest BCUT2D eigenvalue weighted by molar-refractivity contribution is -0.173. The van der Waals surface area contributed by atoms with Gasteiger partial charge in [0, 0.05) is 11.3 Å². The lowest BCUT2D eigenvalue weighted by Crippen LogP contribution is -2.67. The molecular weight excluding hydrogens is 458 g/mol. The summed E-state index contributed by atoms with van der Waals surface area (Å²) in [5.41, 5.74) is 2.79. The molecule has 9 nitrogen and oxygen atoms in total. The van der Waals surface area contributed by atoms with Crippen LogP contribution in [0.4, 0.5) is 4.79 Å². The van der Waals surface area contributed by atoms with Crippen molar-refractivity contribution in [1.29, 1.82) is 0 Å². The van der Waals surface area contributed by atoms with Crippen molar-refractivity contribution in [2.45, 2.75) is 18.1 Å². The summed E-state index contributed by atoms with van der Waals surface area (Å²) in [7, 11) is 0. The van der Waals surface area contributed by atoms with Crippen LogP contribution in [-0.4, -0.2) is 63.4 Å². The predicted octanol–water partition coefficient (Wildman–Crippen LogP) is 2.45. The van der Waals surface area contributed by atoms with Crippen molar-refractivity contribution in [3.05, 3.63) is 75.7 Å². The molecule has 174 valence electrons. The van der Waals surface area contributed by atoms with E-state index in [-0.39, 0.29) is 37.9 Å². The average molecular weight is 480 g/mol. The molecule has 3 N–H and O–H groups in total. The lowest BCUT2D eigenvalue weighted by atomic mass is 9.94. The fourth-order valence-electron chi connectivity index (χ4n) is 4.31. The summed E-state index contributed by atoms with van der Waals surface area (Å²) >= 11 is 1.20. The van der Waals surface area contributed by atoms with Crippen molar-refractivity contribution in [2.24, 2.45) is 0 Å². The molecule has 2 amide bonds. The first-order valence-corrected chi connectivity index (χ1v) is 11.5. The van der Waals surface area contributed by atoms with Gasteiger partial charge >= 0.3 is 12.1 Å². The number of nitrogens with zero attached hydrogens (tertiary/aromatic N) is 2. The summed E-state index contributed by atoms with van der Waals surface area (Å²) in [5, 5.41) is 23.4. The fourth-order valence-corrected chi connectivity index (χ4v) is 5.02. The highest BCUT2D eigenvalue weighted by molar-refractivity contribution is 7.09. The van der Waals surface area contributed by atoms with E-state index in [1.165, 1.54) is 21.6 Å². The summed E-state index contributed by atoms with van der Waals surface area (Å²) in [6, 6.07) is 16.2. The predicted molar refractivity (Wildman–Crippen MR) is 123 cm³/mol. The number of alkyl carbamates (subject to hydrolysis) is 1. The molecule has 5 rings (SSSR count). The van der Waals surface area contributed by atoms with E-state index in [4.69, 9.17) is 9.84 Å². The fraction of sp³-hybridized carbons (Fsp3) is 0.250. The molecule has 2 aliphatic rings. The smallest absolute Gasteiger partial charge is 0.407 e. The zero-order valence-corrected chi connectivity index (χ0v) is 18.7. The van der Waals surface area contributed by atoms with Crippen molar-refractivity contribution in [2.75, 3.05) is 19.7 Å². The van der Waals surface area contributed by atoms with Crippen molar-refractivity contribution in [3.8, 4) is 11.1 Å². The van der Waals surface area contributed by atoms with E-state index in [0.717, 1.165) is 22.3 Å². The van der Waals surface area contributed by atoms with Crippen molar-refractivity contribution >= 4 is 29.3 Å². The number of nitrogens with one attached hydrogen (secondary N) is 1. The molecule has 0 radical (unpaired) electrons. The summed E-state index contributed by atoms with van der Waals surface area (Å²) in [5.74, 6) is -1.86. The number of hydrogen-bond donors (Lipinski definition) is 3. The summed E-state index contributed by atoms with van der Waals surface area (Å²) in [6.07, 6.45) is -0.584. The molecule has 1 saturated heterocycles. The van der Waals surface area contributed by atoms with Gasteiger partial charge in [-0.15, -0.1) is 11.3 Å². The molecule has 10 heteroatoms. The molecule has 2 aromatic carbocycles. The molecule has 0 spiro atoms. The number of carbonyl (C=O) groups excluding carboxylic acids is 2. The maximum atomic E-state index is 12.4. The monoisotopic (exact) mass is 479 g/mol. The number of carboxylic acid groups (broad SMARTS) is 1. The van der Waals surface area contributed by atoms with Crippen LogP contribution < -0.4 is 5.32 Å². The normalized spacial score (nSPS) is 15.7. The number of rotatable bonds is 6. The van der Waals surface area contributed by atoms with Gasteiger partial charge in [-0.1, -0.05) is 48.5 Å². The number of aliphatic carboxylic acids is 1. The highest BCUT2D eigenvalue weighted by atomic mass is 32.1. The number of hydrogen-bond acceptors (Lipinski definition) is 7. The number of aromatic nitrogens is 1. The molecule has 1 aliphatic carbocycles. The Morgan fingerprint density at radius 3 is 2.32 bits per heavy atom. The third kappa shape index (κ3) is 3.91.